The highest BCUT2D eigenvalue weighted by Crippen LogP contribution is 2.27. The normalized spacial score (nSPS) is 16.5. The number of aryl methyl sites for hydroxylation is 2. The van der Waals surface area contributed by atoms with Gasteiger partial charge >= 0.3 is 0 Å². The maximum atomic E-state index is 12.9. The molecule has 146 valence electrons. The molecule has 3 heterocycles. The van der Waals surface area contributed by atoms with Crippen molar-refractivity contribution in [1.29, 1.82) is 0 Å². The highest BCUT2D eigenvalue weighted by atomic mass is 16.2. The summed E-state index contributed by atoms with van der Waals surface area (Å²) in [7, 11) is 0. The predicted octanol–water partition coefficient (Wildman–Crippen LogP) is 2.10. The van der Waals surface area contributed by atoms with Crippen LogP contribution in [-0.2, 0) is 4.79 Å². The molecule has 28 heavy (non-hydrogen) atoms. The maximum absolute atomic E-state index is 12.9. The highest BCUT2D eigenvalue weighted by molar-refractivity contribution is 5.83. The second-order valence-corrected chi connectivity index (χ2v) is 7.55. The van der Waals surface area contributed by atoms with E-state index in [1.165, 1.54) is 5.56 Å². The first-order valence-electron chi connectivity index (χ1n) is 9.61. The first-order chi connectivity index (χ1) is 13.4. The number of aromatic amines is 1. The fraction of sp³-hybridized carbons (Fsp3) is 0.450. The Balaban J connectivity index is 1.47. The van der Waals surface area contributed by atoms with Crippen LogP contribution in [0.3, 0.4) is 0 Å². The second kappa shape index (κ2) is 7.18. The molecule has 0 unspecified atom stereocenters. The van der Waals surface area contributed by atoms with Crippen molar-refractivity contribution < 1.29 is 4.79 Å². The van der Waals surface area contributed by atoms with E-state index < -0.39 is 0 Å². The number of carbonyl (C=O) groups excluding carboxylic acids is 1. The fourth-order valence-corrected chi connectivity index (χ4v) is 3.80. The van der Waals surface area contributed by atoms with Gasteiger partial charge in [0.1, 0.15) is 5.82 Å². The van der Waals surface area contributed by atoms with E-state index >= 15 is 0 Å². The Morgan fingerprint density at radius 3 is 2.54 bits per heavy atom. The molecule has 3 aromatic rings. The molecule has 1 atom stereocenters. The lowest BCUT2D eigenvalue weighted by molar-refractivity contribution is -0.133. The van der Waals surface area contributed by atoms with Gasteiger partial charge in [0.2, 0.25) is 5.91 Å². The standard InChI is InChI=1S/C20H24N6O2/c1-12-4-6-15(7-5-12)13(2)20(28)25-10-8-16(9-11-25)26-18-17(23-24-26)19(27)22-14(3)21-18/h4-7,13,16H,8-11H2,1-3H3,(H,21,22,27)/t13-/m0/s1. The zero-order valence-electron chi connectivity index (χ0n) is 16.3. The van der Waals surface area contributed by atoms with Gasteiger partial charge in [0.15, 0.2) is 11.2 Å². The first kappa shape index (κ1) is 18.3. The van der Waals surface area contributed by atoms with Crippen LogP contribution in [0.5, 0.6) is 0 Å². The van der Waals surface area contributed by atoms with Crippen LogP contribution in [0, 0.1) is 13.8 Å². The van der Waals surface area contributed by atoms with Gasteiger partial charge in [-0.2, -0.15) is 0 Å². The largest absolute Gasteiger partial charge is 0.342 e. The lowest BCUT2D eigenvalue weighted by atomic mass is 9.96. The minimum absolute atomic E-state index is 0.0810. The zero-order chi connectivity index (χ0) is 19.8. The van der Waals surface area contributed by atoms with Gasteiger partial charge in [0, 0.05) is 13.1 Å². The minimum Gasteiger partial charge on any atom is -0.342 e. The number of aromatic nitrogens is 5. The molecule has 1 saturated heterocycles. The summed E-state index contributed by atoms with van der Waals surface area (Å²) in [5.41, 5.74) is 2.73. The number of nitrogens with zero attached hydrogens (tertiary/aromatic N) is 5. The topological polar surface area (TPSA) is 96.8 Å². The van der Waals surface area contributed by atoms with E-state index in [2.05, 4.69) is 20.3 Å². The van der Waals surface area contributed by atoms with Crippen LogP contribution in [0.1, 0.15) is 48.7 Å². The van der Waals surface area contributed by atoms with Gasteiger partial charge in [0.25, 0.3) is 5.56 Å². The molecule has 1 amide bonds. The maximum Gasteiger partial charge on any atom is 0.281 e. The van der Waals surface area contributed by atoms with Crippen molar-refractivity contribution in [2.75, 3.05) is 13.1 Å². The van der Waals surface area contributed by atoms with E-state index in [0.29, 0.717) is 24.6 Å². The third-order valence-electron chi connectivity index (χ3n) is 5.52. The summed E-state index contributed by atoms with van der Waals surface area (Å²) in [5, 5.41) is 8.15. The molecule has 1 aliphatic rings. The van der Waals surface area contributed by atoms with Gasteiger partial charge in [-0.1, -0.05) is 35.0 Å². The number of fused-ring (bicyclic) bond motifs is 1. The number of hydrogen-bond acceptors (Lipinski definition) is 5. The number of nitrogens with one attached hydrogen (secondary N) is 1. The number of amides is 1. The molecule has 0 aliphatic carbocycles. The molecule has 4 rings (SSSR count). The molecule has 1 N–H and O–H groups in total. The van der Waals surface area contributed by atoms with E-state index in [1.807, 2.05) is 43.0 Å². The van der Waals surface area contributed by atoms with Crippen molar-refractivity contribution in [3.63, 3.8) is 0 Å². The molecule has 1 fully saturated rings. The van der Waals surface area contributed by atoms with Crippen LogP contribution in [0.4, 0.5) is 0 Å². The number of H-pyrrole nitrogens is 1. The van der Waals surface area contributed by atoms with E-state index in [4.69, 9.17) is 0 Å². The molecule has 0 spiro atoms. The Morgan fingerprint density at radius 2 is 1.86 bits per heavy atom. The highest BCUT2D eigenvalue weighted by Gasteiger charge is 2.29. The summed E-state index contributed by atoms with van der Waals surface area (Å²) in [6, 6.07) is 8.21. The molecule has 0 saturated carbocycles. The van der Waals surface area contributed by atoms with Crippen LogP contribution >= 0.6 is 0 Å². The van der Waals surface area contributed by atoms with E-state index in [-0.39, 0.29) is 28.9 Å². The minimum atomic E-state index is -0.270. The van der Waals surface area contributed by atoms with Crippen LogP contribution in [0.15, 0.2) is 29.1 Å². The SMILES string of the molecule is Cc1ccc([C@H](C)C(=O)N2CCC(n3nnc4c(=O)[nH]c(C)nc43)CC2)cc1. The number of benzene rings is 1. The van der Waals surface area contributed by atoms with Crippen LogP contribution < -0.4 is 5.56 Å². The number of rotatable bonds is 3. The van der Waals surface area contributed by atoms with Crippen molar-refractivity contribution in [3.05, 3.63) is 51.6 Å². The molecular formula is C20H24N6O2. The Labute approximate surface area is 162 Å². The lowest BCUT2D eigenvalue weighted by Gasteiger charge is -2.33. The van der Waals surface area contributed by atoms with E-state index in [1.54, 1.807) is 11.6 Å². The van der Waals surface area contributed by atoms with Gasteiger partial charge in [-0.3, -0.25) is 9.59 Å². The Hall–Kier alpha value is -3.03. The summed E-state index contributed by atoms with van der Waals surface area (Å²) >= 11 is 0. The Morgan fingerprint density at radius 1 is 1.18 bits per heavy atom. The summed E-state index contributed by atoms with van der Waals surface area (Å²) in [5.74, 6) is 0.531. The third kappa shape index (κ3) is 3.30. The monoisotopic (exact) mass is 380 g/mol. The first-order valence-corrected chi connectivity index (χ1v) is 9.61. The van der Waals surface area contributed by atoms with Gasteiger partial charge in [-0.15, -0.1) is 5.10 Å². The average molecular weight is 380 g/mol. The summed E-state index contributed by atoms with van der Waals surface area (Å²) in [6.45, 7) is 7.06. The molecule has 8 heteroatoms. The Kier molecular flexibility index (Phi) is 4.70. The van der Waals surface area contributed by atoms with Gasteiger partial charge in [-0.05, 0) is 39.2 Å². The number of hydrogen-bond donors (Lipinski definition) is 1. The lowest BCUT2D eigenvalue weighted by Crippen LogP contribution is -2.41. The molecule has 1 aliphatic heterocycles. The van der Waals surface area contributed by atoms with Crippen LogP contribution in [0.25, 0.3) is 11.2 Å². The quantitative estimate of drug-likeness (QED) is 0.750. The number of piperidine rings is 1. The number of likely N-dealkylation sites (tertiary alicyclic amines) is 1. The summed E-state index contributed by atoms with van der Waals surface area (Å²) in [6.07, 6.45) is 1.52. The predicted molar refractivity (Wildman–Crippen MR) is 105 cm³/mol. The van der Waals surface area contributed by atoms with Gasteiger partial charge in [-0.25, -0.2) is 9.67 Å². The summed E-state index contributed by atoms with van der Waals surface area (Å²) < 4.78 is 1.74. The van der Waals surface area contributed by atoms with Gasteiger partial charge in [0.05, 0.1) is 12.0 Å². The molecule has 1 aromatic carbocycles. The van der Waals surface area contributed by atoms with Crippen molar-refractivity contribution >= 4 is 17.1 Å². The van der Waals surface area contributed by atoms with Crippen molar-refractivity contribution in [2.45, 2.75) is 45.6 Å². The molecule has 0 bridgehead atoms. The molecule has 8 nitrogen and oxygen atoms in total. The van der Waals surface area contributed by atoms with Crippen molar-refractivity contribution in [3.8, 4) is 0 Å². The Bertz CT molecular complexity index is 1060. The third-order valence-corrected chi connectivity index (χ3v) is 5.52. The smallest absolute Gasteiger partial charge is 0.281 e. The van der Waals surface area contributed by atoms with E-state index in [0.717, 1.165) is 18.4 Å². The fourth-order valence-electron chi connectivity index (χ4n) is 3.80. The average Bonchev–Trinajstić information content (AvgIpc) is 3.12. The molecule has 0 radical (unpaired) electrons. The number of carbonyl (C=O) groups is 1. The van der Waals surface area contributed by atoms with Crippen molar-refractivity contribution in [2.24, 2.45) is 0 Å². The van der Waals surface area contributed by atoms with Gasteiger partial charge < -0.3 is 9.88 Å². The molecule has 2 aromatic heterocycles. The van der Waals surface area contributed by atoms with E-state index in [9.17, 15) is 9.59 Å². The second-order valence-electron chi connectivity index (χ2n) is 7.55. The zero-order valence-corrected chi connectivity index (χ0v) is 16.3. The summed E-state index contributed by atoms with van der Waals surface area (Å²) in [4.78, 5) is 33.9. The van der Waals surface area contributed by atoms with Crippen LogP contribution in [-0.4, -0.2) is 48.9 Å². The van der Waals surface area contributed by atoms with Crippen LogP contribution in [0.2, 0.25) is 0 Å². The van der Waals surface area contributed by atoms with Crippen molar-refractivity contribution in [1.82, 2.24) is 29.9 Å². The molecular weight excluding hydrogens is 356 g/mol.